The lowest BCUT2D eigenvalue weighted by Gasteiger charge is -2.39. The Morgan fingerprint density at radius 3 is 1.57 bits per heavy atom. The van der Waals surface area contributed by atoms with Gasteiger partial charge in [-0.15, -0.1) is 11.3 Å². The van der Waals surface area contributed by atoms with Crippen LogP contribution in [0, 0.1) is 0 Å². The van der Waals surface area contributed by atoms with Gasteiger partial charge in [0.25, 0.3) is 6.71 Å². The summed E-state index contributed by atoms with van der Waals surface area (Å²) in [5.74, 6) is 0. The molecule has 0 aliphatic carbocycles. The number of para-hydroxylation sites is 1. The lowest BCUT2D eigenvalue weighted by Crippen LogP contribution is -2.59. The first-order valence-electron chi connectivity index (χ1n) is 20.9. The summed E-state index contributed by atoms with van der Waals surface area (Å²) in [7, 11) is 0. The van der Waals surface area contributed by atoms with Crippen LogP contribution in [0.2, 0.25) is 0 Å². The van der Waals surface area contributed by atoms with E-state index in [1.807, 2.05) is 11.3 Å². The second-order valence-corrected chi connectivity index (χ2v) is 17.8. The third-order valence-electron chi connectivity index (χ3n) is 13.9. The summed E-state index contributed by atoms with van der Waals surface area (Å²) in [6.07, 6.45) is 0. The molecule has 2 aromatic heterocycles. The number of aromatic nitrogens is 1. The Kier molecular flexibility index (Phi) is 5.90. The average molecular weight is 775 g/mol. The Bertz CT molecular complexity index is 4080. The first-order valence-corrected chi connectivity index (χ1v) is 21.7. The standard InChI is InChI=1S/C56H31BN2S/c1-2-15-32(16-3-1)58-47-26-14-27-48-52(47)57(56-55(58)41-25-12-13-28-50(41)60-56)53-51-40-24-11-10-20-36(40)35-19-6-9-23-39(35)45(51)30-46-44-29-42-37-21-7-4-17-33(37)34-18-5-8-22-38(34)43(42)31-49(44)59(48)54(46)53/h1-31H. The molecule has 0 unspecified atom stereocenters. The van der Waals surface area contributed by atoms with Gasteiger partial charge in [-0.05, 0) is 124 Å². The van der Waals surface area contributed by atoms with E-state index in [0.29, 0.717) is 0 Å². The number of fused-ring (bicyclic) bond motifs is 22. The molecule has 60 heavy (non-hydrogen) atoms. The van der Waals surface area contributed by atoms with E-state index in [4.69, 9.17) is 0 Å². The fourth-order valence-corrected chi connectivity index (χ4v) is 12.9. The molecule has 0 amide bonds. The highest BCUT2D eigenvalue weighted by atomic mass is 32.1. The Hall–Kier alpha value is -7.40. The van der Waals surface area contributed by atoms with Gasteiger partial charge in [0.1, 0.15) is 0 Å². The number of benzene rings is 11. The molecule has 13 aromatic rings. The maximum absolute atomic E-state index is 2.66. The molecule has 4 heterocycles. The molecule has 15 rings (SSSR count). The lowest BCUT2D eigenvalue weighted by atomic mass is 9.36. The molecule has 4 heteroatoms. The fourth-order valence-electron chi connectivity index (χ4n) is 11.6. The maximum atomic E-state index is 2.66. The van der Waals surface area contributed by atoms with Crippen LogP contribution in [-0.2, 0) is 0 Å². The summed E-state index contributed by atoms with van der Waals surface area (Å²) >= 11 is 1.97. The minimum atomic E-state index is 0.0206. The smallest absolute Gasteiger partial charge is 0.265 e. The predicted molar refractivity (Wildman–Crippen MR) is 261 cm³/mol. The number of hydrogen-bond acceptors (Lipinski definition) is 2. The van der Waals surface area contributed by atoms with Crippen molar-refractivity contribution in [2.24, 2.45) is 0 Å². The molecule has 0 spiro atoms. The molecule has 0 saturated heterocycles. The monoisotopic (exact) mass is 774 g/mol. The minimum Gasteiger partial charge on any atom is -0.310 e. The Morgan fingerprint density at radius 1 is 0.367 bits per heavy atom. The van der Waals surface area contributed by atoms with Crippen molar-refractivity contribution in [1.82, 2.24) is 4.57 Å². The summed E-state index contributed by atoms with van der Waals surface area (Å²) in [4.78, 5) is 2.56. The second-order valence-electron chi connectivity index (χ2n) is 16.7. The van der Waals surface area contributed by atoms with Crippen LogP contribution in [0.4, 0.5) is 17.1 Å². The van der Waals surface area contributed by atoms with E-state index in [-0.39, 0.29) is 6.71 Å². The van der Waals surface area contributed by atoms with E-state index >= 15 is 0 Å². The molecule has 2 aliphatic heterocycles. The highest BCUT2D eigenvalue weighted by Crippen LogP contribution is 2.49. The molecule has 0 fully saturated rings. The SMILES string of the molecule is c1ccc(N2c3cccc4c3B(c3sc5ccccc5c32)c2c3c5ccccc5c5ccccc5c3cc3c5cc6c7ccccc7c7ccccc7c6cc5n-4c23)cc1. The zero-order valence-electron chi connectivity index (χ0n) is 32.3. The number of rotatable bonds is 1. The van der Waals surface area contributed by atoms with Crippen LogP contribution >= 0.6 is 11.3 Å². The van der Waals surface area contributed by atoms with Gasteiger partial charge in [0.05, 0.1) is 16.7 Å². The van der Waals surface area contributed by atoms with E-state index in [0.717, 1.165) is 0 Å². The van der Waals surface area contributed by atoms with Gasteiger partial charge in [0.15, 0.2) is 0 Å². The average Bonchev–Trinajstić information content (AvgIpc) is 3.86. The zero-order chi connectivity index (χ0) is 38.8. The quantitative estimate of drug-likeness (QED) is 0.119. The molecule has 0 atom stereocenters. The molecular weight excluding hydrogens is 744 g/mol. The van der Waals surface area contributed by atoms with Crippen molar-refractivity contribution in [1.29, 1.82) is 0 Å². The van der Waals surface area contributed by atoms with Gasteiger partial charge in [-0.1, -0.05) is 140 Å². The number of anilines is 3. The number of nitrogens with zero attached hydrogens (tertiary/aromatic N) is 2. The first-order chi connectivity index (χ1) is 29.8. The molecule has 0 N–H and O–H groups in total. The molecule has 2 aliphatic rings. The van der Waals surface area contributed by atoms with Crippen LogP contribution in [0.1, 0.15) is 0 Å². The van der Waals surface area contributed by atoms with E-state index in [1.54, 1.807) is 0 Å². The molecule has 2 nitrogen and oxygen atoms in total. The van der Waals surface area contributed by atoms with Crippen molar-refractivity contribution in [3.8, 4) is 5.69 Å². The minimum absolute atomic E-state index is 0.0206. The van der Waals surface area contributed by atoms with Crippen molar-refractivity contribution < 1.29 is 0 Å². The lowest BCUT2D eigenvalue weighted by molar-refractivity contribution is 1.18. The van der Waals surface area contributed by atoms with Gasteiger partial charge < -0.3 is 9.47 Å². The van der Waals surface area contributed by atoms with Crippen LogP contribution in [0.3, 0.4) is 0 Å². The predicted octanol–water partition coefficient (Wildman–Crippen LogP) is 13.5. The second kappa shape index (κ2) is 11.2. The van der Waals surface area contributed by atoms with Gasteiger partial charge in [-0.25, -0.2) is 0 Å². The van der Waals surface area contributed by atoms with E-state index in [9.17, 15) is 0 Å². The molecule has 0 bridgehead atoms. The Balaban J connectivity index is 1.23. The number of hydrogen-bond donors (Lipinski definition) is 0. The van der Waals surface area contributed by atoms with Crippen molar-refractivity contribution in [2.75, 3.05) is 4.90 Å². The molecular formula is C56H31BN2S. The van der Waals surface area contributed by atoms with Crippen molar-refractivity contribution in [3.05, 3.63) is 188 Å². The van der Waals surface area contributed by atoms with E-state index < -0.39 is 0 Å². The van der Waals surface area contributed by atoms with Crippen LogP contribution in [0.25, 0.3) is 102 Å². The summed E-state index contributed by atoms with van der Waals surface area (Å²) in [6.45, 7) is 0.0206. The van der Waals surface area contributed by atoms with Gasteiger partial charge in [-0.3, -0.25) is 0 Å². The molecule has 274 valence electrons. The highest BCUT2D eigenvalue weighted by Gasteiger charge is 2.45. The summed E-state index contributed by atoms with van der Waals surface area (Å²) in [5.41, 5.74) is 10.4. The van der Waals surface area contributed by atoms with Crippen molar-refractivity contribution in [3.63, 3.8) is 0 Å². The molecule has 0 saturated carbocycles. The van der Waals surface area contributed by atoms with Crippen LogP contribution in [0.15, 0.2) is 188 Å². The normalized spacial score (nSPS) is 13.3. The third kappa shape index (κ3) is 3.78. The summed E-state index contributed by atoms with van der Waals surface area (Å²) in [5, 5.41) is 19.6. The van der Waals surface area contributed by atoms with Gasteiger partial charge in [-0.2, -0.15) is 0 Å². The molecule has 0 radical (unpaired) electrons. The maximum Gasteiger partial charge on any atom is 0.265 e. The Morgan fingerprint density at radius 2 is 0.883 bits per heavy atom. The summed E-state index contributed by atoms with van der Waals surface area (Å²) in [6, 6.07) is 70.9. The van der Waals surface area contributed by atoms with Crippen LogP contribution in [0.5, 0.6) is 0 Å². The summed E-state index contributed by atoms with van der Waals surface area (Å²) < 4.78 is 5.38. The third-order valence-corrected chi connectivity index (χ3v) is 15.1. The first kappa shape index (κ1) is 31.6. The van der Waals surface area contributed by atoms with Crippen LogP contribution < -0.4 is 20.6 Å². The van der Waals surface area contributed by atoms with E-state index in [2.05, 4.69) is 198 Å². The van der Waals surface area contributed by atoms with E-state index in [1.165, 1.54) is 135 Å². The highest BCUT2D eigenvalue weighted by molar-refractivity contribution is 7.34. The zero-order valence-corrected chi connectivity index (χ0v) is 33.1. The Labute approximate surface area is 348 Å². The largest absolute Gasteiger partial charge is 0.310 e. The van der Waals surface area contributed by atoms with Gasteiger partial charge in [0.2, 0.25) is 0 Å². The van der Waals surface area contributed by atoms with Gasteiger partial charge in [0, 0.05) is 42.7 Å². The topological polar surface area (TPSA) is 8.17 Å². The van der Waals surface area contributed by atoms with Crippen molar-refractivity contribution >= 4 is 147 Å². The fraction of sp³-hybridized carbons (Fsp3) is 0. The van der Waals surface area contributed by atoms with Crippen LogP contribution in [-0.4, -0.2) is 11.3 Å². The van der Waals surface area contributed by atoms with Crippen molar-refractivity contribution in [2.45, 2.75) is 0 Å². The molecule has 11 aromatic carbocycles. The number of thiophene rings is 1. The van der Waals surface area contributed by atoms with Gasteiger partial charge >= 0.3 is 0 Å².